The molecule has 0 spiro atoms. The van der Waals surface area contributed by atoms with Crippen LogP contribution in [0, 0.1) is 6.92 Å². The smallest absolute Gasteiger partial charge is 0.274 e. The van der Waals surface area contributed by atoms with E-state index < -0.39 is 16.6 Å². The fraction of sp³-hybridized carbons (Fsp3) is 0.511. The van der Waals surface area contributed by atoms with Gasteiger partial charge in [0.25, 0.3) is 5.91 Å². The van der Waals surface area contributed by atoms with Crippen LogP contribution in [0.3, 0.4) is 0 Å². The number of benzene rings is 2. The minimum atomic E-state index is -1.83. The van der Waals surface area contributed by atoms with Gasteiger partial charge in [-0.15, -0.1) is 0 Å². The van der Waals surface area contributed by atoms with Crippen LogP contribution in [0.2, 0.25) is 46.3 Å². The summed E-state index contributed by atoms with van der Waals surface area (Å²) in [5.74, 6) is 0.134. The number of aromatic nitrogens is 3. The van der Waals surface area contributed by atoms with E-state index in [4.69, 9.17) is 51.7 Å². The van der Waals surface area contributed by atoms with Gasteiger partial charge in [0.15, 0.2) is 16.6 Å². The molecule has 2 aromatic carbocycles. The number of pyridine rings is 1. The van der Waals surface area contributed by atoms with Crippen LogP contribution in [0.15, 0.2) is 48.7 Å². The van der Waals surface area contributed by atoms with E-state index in [9.17, 15) is 4.79 Å². The zero-order valence-electron chi connectivity index (χ0n) is 37.0. The molecule has 1 N–H and O–H groups in total. The fourth-order valence-electron chi connectivity index (χ4n) is 7.00. The summed E-state index contributed by atoms with van der Waals surface area (Å²) in [6.45, 7) is 30.4. The summed E-state index contributed by atoms with van der Waals surface area (Å²) in [5, 5.41) is 4.20. The van der Waals surface area contributed by atoms with Gasteiger partial charge in [-0.1, -0.05) is 95.1 Å². The van der Waals surface area contributed by atoms with Crippen LogP contribution < -0.4 is 10.1 Å². The lowest BCUT2D eigenvalue weighted by Crippen LogP contribution is -2.57. The van der Waals surface area contributed by atoms with E-state index in [2.05, 4.69) is 89.8 Å². The Balaban J connectivity index is 1.12. The quantitative estimate of drug-likeness (QED) is 0.132. The molecule has 0 aliphatic carbocycles. The Morgan fingerprint density at radius 2 is 1.54 bits per heavy atom. The number of carbonyl (C=O) groups excluding carboxylic acids is 1. The van der Waals surface area contributed by atoms with E-state index in [1.807, 2.05) is 36.4 Å². The van der Waals surface area contributed by atoms with E-state index in [0.29, 0.717) is 56.2 Å². The molecule has 0 unspecified atom stereocenters. The molecule has 14 heteroatoms. The number of nitrogens with one attached hydrogen (secondary N) is 1. The zero-order chi connectivity index (χ0) is 43.1. The predicted octanol–water partition coefficient (Wildman–Crippen LogP) is 10.7. The molecule has 2 aliphatic heterocycles. The number of ether oxygens (including phenoxy) is 1. The Morgan fingerprint density at radius 1 is 0.898 bits per heavy atom. The lowest BCUT2D eigenvalue weighted by molar-refractivity contribution is 0.00441. The molecule has 0 saturated carbocycles. The van der Waals surface area contributed by atoms with Crippen molar-refractivity contribution < 1.29 is 18.4 Å². The highest BCUT2D eigenvalue weighted by molar-refractivity contribution is 6.74. The first-order valence-corrected chi connectivity index (χ1v) is 27.2. The maximum Gasteiger partial charge on any atom is 0.274 e. The first kappa shape index (κ1) is 45.3. The third-order valence-electron chi connectivity index (χ3n) is 12.8. The second kappa shape index (κ2) is 17.6. The van der Waals surface area contributed by atoms with Gasteiger partial charge in [0.1, 0.15) is 11.4 Å². The van der Waals surface area contributed by atoms with Crippen molar-refractivity contribution >= 4 is 51.4 Å². The number of amides is 1. The number of rotatable bonds is 13. The fourth-order valence-corrected chi connectivity index (χ4v) is 9.97. The summed E-state index contributed by atoms with van der Waals surface area (Å²) in [6.07, 6.45) is 2.74. The molecule has 4 heterocycles. The Kier molecular flexibility index (Phi) is 13.6. The number of hydrogen-bond donors (Lipinski definition) is 1. The third-order valence-corrected chi connectivity index (χ3v) is 22.7. The van der Waals surface area contributed by atoms with Crippen molar-refractivity contribution in [3.8, 4) is 28.3 Å². The minimum Gasteiger partial charge on any atom is -0.480 e. The van der Waals surface area contributed by atoms with Crippen molar-refractivity contribution in [2.24, 2.45) is 0 Å². The first-order chi connectivity index (χ1) is 27.6. The SMILES string of the molecule is COc1nc(-c2cccc(-c3cccc(NC(=O)c4cc(C)c5c(n4)CCN(CCO[Si](C)(C)C(C)(C)C)C5)c3Cl)c2Cl)cnc1CN1CC(O[Si](C)(C)C(C)(C)C)C1. The number of methoxy groups -OCH3 is 1. The second-order valence-electron chi connectivity index (χ2n) is 19.1. The standard InChI is InChI=1S/C45H62Cl2N6O4Si2/c1-29-23-37(49-35-19-20-52(27-34(29)35)21-22-56-58(9,10)44(2,3)4)42(54)50-36-18-14-16-32(41(36)47)31-15-13-17-33(40(31)46)38-24-48-39(43(51-38)55-8)28-53-25-30(26-53)57-59(11,12)45(5,6)7/h13-18,23-24,30H,19-22,25-28H2,1-12H3,(H,50,54). The van der Waals surface area contributed by atoms with Crippen molar-refractivity contribution in [1.82, 2.24) is 24.8 Å². The molecule has 2 aromatic heterocycles. The van der Waals surface area contributed by atoms with Crippen molar-refractivity contribution in [3.05, 3.63) is 86.9 Å². The van der Waals surface area contributed by atoms with Gasteiger partial charge in [0, 0.05) is 74.7 Å². The van der Waals surface area contributed by atoms with Crippen molar-refractivity contribution in [1.29, 1.82) is 0 Å². The maximum absolute atomic E-state index is 13.7. The predicted molar refractivity (Wildman–Crippen MR) is 246 cm³/mol. The molecular weight excluding hydrogens is 816 g/mol. The molecular formula is C45H62Cl2N6O4Si2. The Labute approximate surface area is 363 Å². The Hall–Kier alpha value is -3.21. The number of hydrogen-bond acceptors (Lipinski definition) is 9. The molecule has 0 radical (unpaired) electrons. The second-order valence-corrected chi connectivity index (χ2v) is 29.4. The zero-order valence-corrected chi connectivity index (χ0v) is 40.5. The highest BCUT2D eigenvalue weighted by Crippen LogP contribution is 2.42. The molecule has 0 bridgehead atoms. The van der Waals surface area contributed by atoms with Crippen molar-refractivity contribution in [3.63, 3.8) is 0 Å². The van der Waals surface area contributed by atoms with Crippen molar-refractivity contribution in [2.45, 2.75) is 110 Å². The summed E-state index contributed by atoms with van der Waals surface area (Å²) < 4.78 is 18.8. The summed E-state index contributed by atoms with van der Waals surface area (Å²) in [5.41, 5.74) is 7.43. The van der Waals surface area contributed by atoms with Crippen LogP contribution in [0.4, 0.5) is 5.69 Å². The van der Waals surface area contributed by atoms with Crippen LogP contribution in [-0.2, 0) is 28.4 Å². The van der Waals surface area contributed by atoms with Crippen LogP contribution >= 0.6 is 23.2 Å². The maximum atomic E-state index is 13.7. The number of fused-ring (bicyclic) bond motifs is 1. The molecule has 318 valence electrons. The number of halogens is 2. The lowest BCUT2D eigenvalue weighted by Gasteiger charge is -2.46. The van der Waals surface area contributed by atoms with Crippen LogP contribution in [-0.4, -0.2) is 93.3 Å². The van der Waals surface area contributed by atoms with Gasteiger partial charge < -0.3 is 18.9 Å². The van der Waals surface area contributed by atoms with Crippen LogP contribution in [0.1, 0.15) is 74.5 Å². The highest BCUT2D eigenvalue weighted by Gasteiger charge is 2.42. The highest BCUT2D eigenvalue weighted by atomic mass is 35.5. The first-order valence-electron chi connectivity index (χ1n) is 20.6. The lowest BCUT2D eigenvalue weighted by atomic mass is 9.99. The molecule has 0 atom stereocenters. The van der Waals surface area contributed by atoms with E-state index in [1.165, 1.54) is 5.56 Å². The summed E-state index contributed by atoms with van der Waals surface area (Å²) in [6, 6.07) is 13.1. The molecule has 2 aliphatic rings. The van der Waals surface area contributed by atoms with Gasteiger partial charge >= 0.3 is 0 Å². The Bertz CT molecular complexity index is 2180. The largest absolute Gasteiger partial charge is 0.480 e. The van der Waals surface area contributed by atoms with Crippen LogP contribution in [0.25, 0.3) is 22.4 Å². The third kappa shape index (κ3) is 10.1. The summed E-state index contributed by atoms with van der Waals surface area (Å²) >= 11 is 14.2. The van der Waals surface area contributed by atoms with E-state index in [0.717, 1.165) is 62.7 Å². The van der Waals surface area contributed by atoms with Gasteiger partial charge in [-0.05, 0) is 66.4 Å². The topological polar surface area (TPSA) is 102 Å². The number of nitrogens with zero attached hydrogens (tertiary/aromatic N) is 5. The number of aryl methyl sites for hydroxylation is 1. The summed E-state index contributed by atoms with van der Waals surface area (Å²) in [4.78, 5) is 32.9. The van der Waals surface area contributed by atoms with Crippen molar-refractivity contribution in [2.75, 3.05) is 45.2 Å². The number of anilines is 1. The van der Waals surface area contributed by atoms with Crippen LogP contribution in [0.5, 0.6) is 5.88 Å². The number of carbonyl (C=O) groups is 1. The normalized spacial score (nSPS) is 15.8. The van der Waals surface area contributed by atoms with E-state index in [-0.39, 0.29) is 22.1 Å². The molecule has 1 saturated heterocycles. The summed E-state index contributed by atoms with van der Waals surface area (Å²) in [7, 11) is -2.02. The minimum absolute atomic E-state index is 0.172. The monoisotopic (exact) mass is 876 g/mol. The molecule has 6 rings (SSSR count). The van der Waals surface area contributed by atoms with Gasteiger partial charge in [-0.25, -0.2) is 9.97 Å². The van der Waals surface area contributed by atoms with Gasteiger partial charge in [0.2, 0.25) is 5.88 Å². The average Bonchev–Trinajstić information content (AvgIpc) is 3.14. The van der Waals surface area contributed by atoms with Gasteiger partial charge in [-0.3, -0.25) is 19.6 Å². The van der Waals surface area contributed by atoms with E-state index in [1.54, 1.807) is 19.4 Å². The van der Waals surface area contributed by atoms with E-state index >= 15 is 0 Å². The van der Waals surface area contributed by atoms with Gasteiger partial charge in [-0.2, -0.15) is 0 Å². The molecule has 59 heavy (non-hydrogen) atoms. The molecule has 1 amide bonds. The number of likely N-dealkylation sites (tertiary alicyclic amines) is 1. The molecule has 4 aromatic rings. The van der Waals surface area contributed by atoms with Gasteiger partial charge in [0.05, 0.1) is 40.8 Å². The molecule has 10 nitrogen and oxygen atoms in total. The Morgan fingerprint density at radius 3 is 2.20 bits per heavy atom. The molecule has 1 fully saturated rings. The average molecular weight is 878 g/mol.